The topological polar surface area (TPSA) is 44.8 Å². The SMILES string of the molecule is COC(=O)C1(c2cc(OC)c(OC)cc2C)CC1C. The molecule has 0 aliphatic heterocycles. The number of rotatable bonds is 4. The Balaban J connectivity index is 2.54. The minimum absolute atomic E-state index is 0.171. The number of carbonyl (C=O) groups excluding carboxylic acids is 1. The average molecular weight is 264 g/mol. The number of methoxy groups -OCH3 is 3. The zero-order valence-electron chi connectivity index (χ0n) is 12.1. The van der Waals surface area contributed by atoms with Crippen LogP contribution in [-0.4, -0.2) is 27.3 Å². The number of hydrogen-bond donors (Lipinski definition) is 0. The highest BCUT2D eigenvalue weighted by Gasteiger charge is 2.60. The third-order valence-electron chi connectivity index (χ3n) is 4.07. The molecular weight excluding hydrogens is 244 g/mol. The van der Waals surface area contributed by atoms with E-state index in [2.05, 4.69) is 6.92 Å². The highest BCUT2D eigenvalue weighted by molar-refractivity contribution is 5.88. The molecule has 1 aromatic carbocycles. The molecule has 0 spiro atoms. The molecular formula is C15H20O4. The molecule has 104 valence electrons. The van der Waals surface area contributed by atoms with E-state index in [4.69, 9.17) is 14.2 Å². The average Bonchev–Trinajstić information content (AvgIpc) is 3.09. The lowest BCUT2D eigenvalue weighted by molar-refractivity contribution is -0.144. The Morgan fingerprint density at radius 2 is 1.74 bits per heavy atom. The molecule has 2 unspecified atom stereocenters. The first-order valence-electron chi connectivity index (χ1n) is 6.32. The summed E-state index contributed by atoms with van der Waals surface area (Å²) >= 11 is 0. The van der Waals surface area contributed by atoms with Crippen LogP contribution in [0.15, 0.2) is 12.1 Å². The van der Waals surface area contributed by atoms with Crippen molar-refractivity contribution in [3.05, 3.63) is 23.3 Å². The van der Waals surface area contributed by atoms with Crippen molar-refractivity contribution >= 4 is 5.97 Å². The van der Waals surface area contributed by atoms with Crippen LogP contribution in [0.3, 0.4) is 0 Å². The fourth-order valence-electron chi connectivity index (χ4n) is 2.84. The second kappa shape index (κ2) is 4.76. The molecule has 0 radical (unpaired) electrons. The molecule has 0 bridgehead atoms. The summed E-state index contributed by atoms with van der Waals surface area (Å²) in [7, 11) is 4.64. The van der Waals surface area contributed by atoms with E-state index in [0.717, 1.165) is 17.5 Å². The molecule has 1 aliphatic carbocycles. The van der Waals surface area contributed by atoms with Crippen molar-refractivity contribution in [2.24, 2.45) is 5.92 Å². The Kier molecular flexibility index (Phi) is 3.43. The summed E-state index contributed by atoms with van der Waals surface area (Å²) < 4.78 is 15.6. The van der Waals surface area contributed by atoms with Crippen molar-refractivity contribution in [1.29, 1.82) is 0 Å². The Labute approximate surface area is 113 Å². The van der Waals surface area contributed by atoms with E-state index in [1.807, 2.05) is 19.1 Å². The Morgan fingerprint density at radius 3 is 2.16 bits per heavy atom. The van der Waals surface area contributed by atoms with Gasteiger partial charge < -0.3 is 14.2 Å². The highest BCUT2D eigenvalue weighted by Crippen LogP contribution is 2.56. The summed E-state index contributed by atoms with van der Waals surface area (Å²) in [6.45, 7) is 4.04. The number of hydrogen-bond acceptors (Lipinski definition) is 4. The van der Waals surface area contributed by atoms with Crippen LogP contribution in [0.4, 0.5) is 0 Å². The minimum Gasteiger partial charge on any atom is -0.493 e. The quantitative estimate of drug-likeness (QED) is 0.784. The molecule has 1 aromatic rings. The molecule has 1 aliphatic rings. The molecule has 19 heavy (non-hydrogen) atoms. The number of ether oxygens (including phenoxy) is 3. The van der Waals surface area contributed by atoms with E-state index in [0.29, 0.717) is 11.5 Å². The predicted molar refractivity (Wildman–Crippen MR) is 71.8 cm³/mol. The molecule has 0 amide bonds. The van der Waals surface area contributed by atoms with Crippen molar-refractivity contribution in [3.63, 3.8) is 0 Å². The summed E-state index contributed by atoms with van der Waals surface area (Å²) in [5.74, 6) is 1.44. The Hall–Kier alpha value is -1.71. The summed E-state index contributed by atoms with van der Waals surface area (Å²) in [5, 5.41) is 0. The van der Waals surface area contributed by atoms with Gasteiger partial charge in [0, 0.05) is 0 Å². The monoisotopic (exact) mass is 264 g/mol. The van der Waals surface area contributed by atoms with Crippen LogP contribution in [0, 0.1) is 12.8 Å². The molecule has 4 nitrogen and oxygen atoms in total. The van der Waals surface area contributed by atoms with E-state index >= 15 is 0 Å². The molecule has 2 atom stereocenters. The Morgan fingerprint density at radius 1 is 1.21 bits per heavy atom. The van der Waals surface area contributed by atoms with Gasteiger partial charge in [0.05, 0.1) is 26.7 Å². The van der Waals surface area contributed by atoms with Crippen LogP contribution in [0.5, 0.6) is 11.5 Å². The summed E-state index contributed by atoms with van der Waals surface area (Å²) in [4.78, 5) is 12.1. The normalized spacial score (nSPS) is 24.8. The first kappa shape index (κ1) is 13.7. The maximum atomic E-state index is 12.1. The second-order valence-corrected chi connectivity index (χ2v) is 5.09. The first-order chi connectivity index (χ1) is 9.01. The fraction of sp³-hybridized carbons (Fsp3) is 0.533. The van der Waals surface area contributed by atoms with Gasteiger partial charge in [-0.15, -0.1) is 0 Å². The fourth-order valence-corrected chi connectivity index (χ4v) is 2.84. The van der Waals surface area contributed by atoms with E-state index < -0.39 is 5.41 Å². The van der Waals surface area contributed by atoms with Crippen LogP contribution in [-0.2, 0) is 14.9 Å². The summed E-state index contributed by atoms with van der Waals surface area (Å²) in [6.07, 6.45) is 0.815. The van der Waals surface area contributed by atoms with Gasteiger partial charge in [0.25, 0.3) is 0 Å². The minimum atomic E-state index is -0.515. The van der Waals surface area contributed by atoms with Gasteiger partial charge in [0.15, 0.2) is 11.5 Å². The van der Waals surface area contributed by atoms with Crippen LogP contribution in [0.25, 0.3) is 0 Å². The van der Waals surface area contributed by atoms with Gasteiger partial charge in [0.1, 0.15) is 0 Å². The van der Waals surface area contributed by atoms with E-state index in [9.17, 15) is 4.79 Å². The van der Waals surface area contributed by atoms with Gasteiger partial charge in [-0.2, -0.15) is 0 Å². The van der Waals surface area contributed by atoms with Gasteiger partial charge >= 0.3 is 5.97 Å². The smallest absolute Gasteiger partial charge is 0.316 e. The van der Waals surface area contributed by atoms with Crippen LogP contribution in [0.2, 0.25) is 0 Å². The summed E-state index contributed by atoms with van der Waals surface area (Å²) in [5.41, 5.74) is 1.48. The summed E-state index contributed by atoms with van der Waals surface area (Å²) in [6, 6.07) is 3.80. The zero-order chi connectivity index (χ0) is 14.2. The maximum Gasteiger partial charge on any atom is 0.316 e. The standard InChI is InChI=1S/C15H20O4/c1-9-6-12(17-3)13(18-4)7-11(9)15(8-10(15)2)14(16)19-5/h6-7,10H,8H2,1-5H3. The number of carbonyl (C=O) groups is 1. The molecule has 0 aromatic heterocycles. The molecule has 2 rings (SSSR count). The molecule has 1 saturated carbocycles. The lowest BCUT2D eigenvalue weighted by atomic mass is 9.89. The van der Waals surface area contributed by atoms with Gasteiger partial charge in [-0.05, 0) is 42.5 Å². The number of aryl methyl sites for hydroxylation is 1. The van der Waals surface area contributed by atoms with E-state index in [-0.39, 0.29) is 11.9 Å². The molecule has 0 N–H and O–H groups in total. The van der Waals surface area contributed by atoms with Crippen molar-refractivity contribution in [2.45, 2.75) is 25.7 Å². The third-order valence-corrected chi connectivity index (χ3v) is 4.07. The van der Waals surface area contributed by atoms with Gasteiger partial charge in [0.2, 0.25) is 0 Å². The van der Waals surface area contributed by atoms with Crippen molar-refractivity contribution < 1.29 is 19.0 Å². The van der Waals surface area contributed by atoms with Crippen molar-refractivity contribution in [2.75, 3.05) is 21.3 Å². The number of benzene rings is 1. The van der Waals surface area contributed by atoms with Crippen LogP contribution >= 0.6 is 0 Å². The molecule has 1 fully saturated rings. The maximum absolute atomic E-state index is 12.1. The van der Waals surface area contributed by atoms with E-state index in [1.165, 1.54) is 7.11 Å². The molecule has 0 heterocycles. The van der Waals surface area contributed by atoms with Gasteiger partial charge in [-0.25, -0.2) is 0 Å². The lowest BCUT2D eigenvalue weighted by Gasteiger charge is -2.19. The van der Waals surface area contributed by atoms with E-state index in [1.54, 1.807) is 14.2 Å². The highest BCUT2D eigenvalue weighted by atomic mass is 16.5. The second-order valence-electron chi connectivity index (χ2n) is 5.09. The Bertz CT molecular complexity index is 509. The molecule has 4 heteroatoms. The van der Waals surface area contributed by atoms with Crippen LogP contribution < -0.4 is 9.47 Å². The van der Waals surface area contributed by atoms with Crippen LogP contribution in [0.1, 0.15) is 24.5 Å². The van der Waals surface area contributed by atoms with Gasteiger partial charge in [-0.3, -0.25) is 4.79 Å². The van der Waals surface area contributed by atoms with Gasteiger partial charge in [-0.1, -0.05) is 6.92 Å². The molecule has 0 saturated heterocycles. The van der Waals surface area contributed by atoms with Crippen molar-refractivity contribution in [3.8, 4) is 11.5 Å². The predicted octanol–water partition coefficient (Wildman–Crippen LogP) is 2.46. The van der Waals surface area contributed by atoms with Crippen molar-refractivity contribution in [1.82, 2.24) is 0 Å². The lowest BCUT2D eigenvalue weighted by Crippen LogP contribution is -2.25. The largest absolute Gasteiger partial charge is 0.493 e. The first-order valence-corrected chi connectivity index (χ1v) is 6.32. The number of esters is 1. The third kappa shape index (κ3) is 1.95. The zero-order valence-corrected chi connectivity index (χ0v) is 12.1.